The Hall–Kier alpha value is -0.370. The molecular formula is C16H29NO. The number of Topliss-reactive ketones (excluding diaryl/α,β-unsaturated/α-hetero) is 1. The molecule has 1 aliphatic heterocycles. The first-order chi connectivity index (χ1) is 8.48. The molecule has 2 fully saturated rings. The van der Waals surface area contributed by atoms with Gasteiger partial charge in [0.2, 0.25) is 0 Å². The minimum atomic E-state index is -0.164. The van der Waals surface area contributed by atoms with E-state index in [1.807, 2.05) is 20.8 Å². The molecule has 1 atom stereocenters. The van der Waals surface area contributed by atoms with Gasteiger partial charge >= 0.3 is 0 Å². The maximum absolute atomic E-state index is 12.0. The second-order valence-electron chi connectivity index (χ2n) is 7.21. The summed E-state index contributed by atoms with van der Waals surface area (Å²) < 4.78 is 0. The topological polar surface area (TPSA) is 20.3 Å². The molecule has 1 saturated heterocycles. The molecule has 0 aromatic heterocycles. The van der Waals surface area contributed by atoms with E-state index in [1.165, 1.54) is 45.1 Å². The summed E-state index contributed by atoms with van der Waals surface area (Å²) in [4.78, 5) is 14.6. The predicted octanol–water partition coefficient (Wildman–Crippen LogP) is 3.65. The number of likely N-dealkylation sites (tertiary alicyclic amines) is 1. The van der Waals surface area contributed by atoms with Gasteiger partial charge in [-0.1, -0.05) is 33.6 Å². The van der Waals surface area contributed by atoms with Crippen molar-refractivity contribution in [3.8, 4) is 0 Å². The van der Waals surface area contributed by atoms with E-state index in [9.17, 15) is 4.79 Å². The van der Waals surface area contributed by atoms with E-state index < -0.39 is 0 Å². The molecule has 18 heavy (non-hydrogen) atoms. The maximum Gasteiger partial charge on any atom is 0.139 e. The predicted molar refractivity (Wildman–Crippen MR) is 75.6 cm³/mol. The fourth-order valence-corrected chi connectivity index (χ4v) is 3.63. The van der Waals surface area contributed by atoms with Crippen LogP contribution in [0.4, 0.5) is 0 Å². The highest BCUT2D eigenvalue weighted by atomic mass is 16.1. The van der Waals surface area contributed by atoms with Gasteiger partial charge in [-0.3, -0.25) is 9.69 Å². The van der Waals surface area contributed by atoms with Crippen LogP contribution in [0, 0.1) is 11.3 Å². The molecule has 1 aliphatic carbocycles. The zero-order chi connectivity index (χ0) is 13.2. The average Bonchev–Trinajstić information content (AvgIpc) is 2.94. The molecule has 1 saturated carbocycles. The second-order valence-corrected chi connectivity index (χ2v) is 7.21. The molecule has 0 amide bonds. The van der Waals surface area contributed by atoms with Gasteiger partial charge in [-0.15, -0.1) is 0 Å². The van der Waals surface area contributed by atoms with E-state index in [0.29, 0.717) is 5.78 Å². The molecule has 2 rings (SSSR count). The normalized spacial score (nSPS) is 26.9. The Balaban J connectivity index is 1.83. The molecular weight excluding hydrogens is 222 g/mol. The third kappa shape index (κ3) is 3.34. The van der Waals surface area contributed by atoms with Gasteiger partial charge < -0.3 is 0 Å². The minimum Gasteiger partial charge on any atom is -0.300 e. The van der Waals surface area contributed by atoms with Crippen molar-refractivity contribution in [2.45, 2.75) is 71.8 Å². The lowest BCUT2D eigenvalue weighted by Crippen LogP contribution is -2.37. The second kappa shape index (κ2) is 5.73. The first-order valence-corrected chi connectivity index (χ1v) is 7.76. The van der Waals surface area contributed by atoms with Crippen LogP contribution in [0.1, 0.15) is 65.7 Å². The number of nitrogens with zero attached hydrogens (tertiary/aromatic N) is 1. The fourth-order valence-electron chi connectivity index (χ4n) is 3.63. The van der Waals surface area contributed by atoms with Crippen LogP contribution >= 0.6 is 0 Å². The van der Waals surface area contributed by atoms with Crippen molar-refractivity contribution in [3.63, 3.8) is 0 Å². The van der Waals surface area contributed by atoms with Crippen LogP contribution in [0.5, 0.6) is 0 Å². The molecule has 1 heterocycles. The lowest BCUT2D eigenvalue weighted by atomic mass is 9.88. The zero-order valence-electron chi connectivity index (χ0n) is 12.4. The zero-order valence-corrected chi connectivity index (χ0v) is 12.4. The SMILES string of the molecule is CC(C)(C)C(=O)CCN1CCCC1C1CCCC1. The Labute approximate surface area is 112 Å². The molecule has 104 valence electrons. The molecule has 0 aromatic rings. The number of hydrogen-bond acceptors (Lipinski definition) is 2. The molecule has 2 aliphatic rings. The summed E-state index contributed by atoms with van der Waals surface area (Å²) in [6.45, 7) is 8.32. The molecule has 0 N–H and O–H groups in total. The van der Waals surface area contributed by atoms with Crippen molar-refractivity contribution >= 4 is 5.78 Å². The van der Waals surface area contributed by atoms with Gasteiger partial charge in [-0.2, -0.15) is 0 Å². The van der Waals surface area contributed by atoms with Crippen molar-refractivity contribution < 1.29 is 4.79 Å². The van der Waals surface area contributed by atoms with Gasteiger partial charge in [0.15, 0.2) is 0 Å². The van der Waals surface area contributed by atoms with Crippen molar-refractivity contribution in [3.05, 3.63) is 0 Å². The van der Waals surface area contributed by atoms with Crippen molar-refractivity contribution in [1.82, 2.24) is 4.90 Å². The van der Waals surface area contributed by atoms with Gasteiger partial charge in [0.1, 0.15) is 5.78 Å². The quantitative estimate of drug-likeness (QED) is 0.760. The summed E-state index contributed by atoms with van der Waals surface area (Å²) in [5.41, 5.74) is -0.164. The summed E-state index contributed by atoms with van der Waals surface area (Å²) in [5.74, 6) is 1.34. The van der Waals surface area contributed by atoms with Crippen LogP contribution in [0.25, 0.3) is 0 Å². The number of rotatable bonds is 4. The van der Waals surface area contributed by atoms with Gasteiger partial charge in [-0.25, -0.2) is 0 Å². The van der Waals surface area contributed by atoms with Crippen LogP contribution in [-0.2, 0) is 4.79 Å². The van der Waals surface area contributed by atoms with Gasteiger partial charge in [-0.05, 0) is 38.1 Å². The number of hydrogen-bond donors (Lipinski definition) is 0. The van der Waals surface area contributed by atoms with Crippen LogP contribution in [0.2, 0.25) is 0 Å². The Kier molecular flexibility index (Phi) is 4.47. The van der Waals surface area contributed by atoms with E-state index in [0.717, 1.165) is 24.9 Å². The molecule has 2 nitrogen and oxygen atoms in total. The Morgan fingerprint density at radius 3 is 2.39 bits per heavy atom. The third-order valence-electron chi connectivity index (χ3n) is 4.82. The highest BCUT2D eigenvalue weighted by Crippen LogP contribution is 2.35. The average molecular weight is 251 g/mol. The highest BCUT2D eigenvalue weighted by molar-refractivity contribution is 5.83. The highest BCUT2D eigenvalue weighted by Gasteiger charge is 2.33. The van der Waals surface area contributed by atoms with Crippen LogP contribution in [0.15, 0.2) is 0 Å². The largest absolute Gasteiger partial charge is 0.300 e. The molecule has 0 radical (unpaired) electrons. The van der Waals surface area contributed by atoms with Crippen LogP contribution in [-0.4, -0.2) is 29.8 Å². The van der Waals surface area contributed by atoms with E-state index in [2.05, 4.69) is 4.90 Å². The molecule has 0 aromatic carbocycles. The van der Waals surface area contributed by atoms with Crippen molar-refractivity contribution in [2.75, 3.05) is 13.1 Å². The van der Waals surface area contributed by atoms with Gasteiger partial charge in [0, 0.05) is 24.4 Å². The summed E-state index contributed by atoms with van der Waals surface area (Å²) in [6.07, 6.45) is 9.15. The van der Waals surface area contributed by atoms with Gasteiger partial charge in [0.05, 0.1) is 0 Å². The summed E-state index contributed by atoms with van der Waals surface area (Å²) in [7, 11) is 0. The molecule has 0 bridgehead atoms. The molecule has 0 spiro atoms. The van der Waals surface area contributed by atoms with E-state index in [4.69, 9.17) is 0 Å². The summed E-state index contributed by atoms with van der Waals surface area (Å²) in [5, 5.41) is 0. The lowest BCUT2D eigenvalue weighted by molar-refractivity contribution is -0.126. The maximum atomic E-state index is 12.0. The van der Waals surface area contributed by atoms with E-state index >= 15 is 0 Å². The van der Waals surface area contributed by atoms with Crippen LogP contribution < -0.4 is 0 Å². The monoisotopic (exact) mass is 251 g/mol. The number of carbonyl (C=O) groups is 1. The van der Waals surface area contributed by atoms with Crippen molar-refractivity contribution in [2.24, 2.45) is 11.3 Å². The van der Waals surface area contributed by atoms with Crippen LogP contribution in [0.3, 0.4) is 0 Å². The number of carbonyl (C=O) groups excluding carboxylic acids is 1. The Morgan fingerprint density at radius 1 is 1.11 bits per heavy atom. The van der Waals surface area contributed by atoms with E-state index in [1.54, 1.807) is 0 Å². The standard InChI is InChI=1S/C16H29NO/c1-16(2,3)15(18)10-12-17-11-6-9-14(17)13-7-4-5-8-13/h13-14H,4-12H2,1-3H3. The summed E-state index contributed by atoms with van der Waals surface area (Å²) >= 11 is 0. The van der Waals surface area contributed by atoms with Crippen molar-refractivity contribution in [1.29, 1.82) is 0 Å². The minimum absolute atomic E-state index is 0.164. The lowest BCUT2D eigenvalue weighted by Gasteiger charge is -2.30. The third-order valence-corrected chi connectivity index (χ3v) is 4.82. The smallest absolute Gasteiger partial charge is 0.139 e. The first-order valence-electron chi connectivity index (χ1n) is 7.76. The number of ketones is 1. The Morgan fingerprint density at radius 2 is 1.78 bits per heavy atom. The summed E-state index contributed by atoms with van der Waals surface area (Å²) in [6, 6.07) is 0.792. The Bertz CT molecular complexity index is 286. The van der Waals surface area contributed by atoms with E-state index in [-0.39, 0.29) is 5.41 Å². The molecule has 2 heteroatoms. The first kappa shape index (κ1) is 14.0. The van der Waals surface area contributed by atoms with Gasteiger partial charge in [0.25, 0.3) is 0 Å². The molecule has 1 unspecified atom stereocenters. The fraction of sp³-hybridized carbons (Fsp3) is 0.938.